The zero-order chi connectivity index (χ0) is 24.4. The molecular formula is C26H36Br2O4. The molecule has 0 heterocycles. The molecule has 0 aliphatic carbocycles. The van der Waals surface area contributed by atoms with Crippen LogP contribution >= 0.6 is 31.9 Å². The Morgan fingerprint density at radius 1 is 0.688 bits per heavy atom. The summed E-state index contributed by atoms with van der Waals surface area (Å²) in [6.07, 6.45) is 1.64. The molecule has 2 N–H and O–H groups in total. The second-order valence-electron chi connectivity index (χ2n) is 10.1. The molecule has 32 heavy (non-hydrogen) atoms. The molecule has 0 unspecified atom stereocenters. The molecule has 4 nitrogen and oxygen atoms in total. The smallest absolute Gasteiger partial charge is 0.167 e. The van der Waals surface area contributed by atoms with Gasteiger partial charge in [-0.1, -0.05) is 55.4 Å². The molecule has 0 saturated heterocycles. The molecule has 6 heteroatoms. The van der Waals surface area contributed by atoms with Gasteiger partial charge in [0.1, 0.15) is 0 Å². The molecule has 0 fully saturated rings. The van der Waals surface area contributed by atoms with Gasteiger partial charge in [0.05, 0.1) is 13.2 Å². The van der Waals surface area contributed by atoms with Gasteiger partial charge >= 0.3 is 0 Å². The molecule has 2 aromatic rings. The summed E-state index contributed by atoms with van der Waals surface area (Å²) in [5.74, 6) is 0.778. The fraction of sp³-hybridized carbons (Fsp3) is 0.538. The van der Waals surface area contributed by atoms with E-state index < -0.39 is 0 Å². The molecule has 2 rings (SSSR count). The highest BCUT2D eigenvalue weighted by Crippen LogP contribution is 2.55. The second-order valence-corrected chi connectivity index (χ2v) is 11.7. The lowest BCUT2D eigenvalue weighted by Crippen LogP contribution is -2.15. The minimum atomic E-state index is -0.225. The van der Waals surface area contributed by atoms with Crippen molar-refractivity contribution in [2.24, 2.45) is 0 Å². The third-order valence-corrected chi connectivity index (χ3v) is 6.84. The van der Waals surface area contributed by atoms with Crippen molar-refractivity contribution < 1.29 is 19.7 Å². The number of benzene rings is 2. The number of rotatable bonds is 7. The van der Waals surface area contributed by atoms with Gasteiger partial charge in [-0.3, -0.25) is 0 Å². The Labute approximate surface area is 209 Å². The lowest BCUT2D eigenvalue weighted by atomic mass is 9.82. The summed E-state index contributed by atoms with van der Waals surface area (Å²) in [6.45, 7) is 17.6. The molecule has 178 valence electrons. The third kappa shape index (κ3) is 5.56. The summed E-state index contributed by atoms with van der Waals surface area (Å²) >= 11 is 7.48. The van der Waals surface area contributed by atoms with Crippen molar-refractivity contribution in [1.29, 1.82) is 0 Å². The van der Waals surface area contributed by atoms with Crippen molar-refractivity contribution in [3.63, 3.8) is 0 Å². The van der Waals surface area contributed by atoms with Crippen LogP contribution in [-0.2, 0) is 10.8 Å². The van der Waals surface area contributed by atoms with Crippen molar-refractivity contribution in [2.45, 2.75) is 79.1 Å². The molecule has 0 saturated carbocycles. The van der Waals surface area contributed by atoms with E-state index in [1.54, 1.807) is 0 Å². The highest BCUT2D eigenvalue weighted by atomic mass is 79.9. The molecule has 0 bridgehead atoms. The Morgan fingerprint density at radius 2 is 1.00 bits per heavy atom. The lowest BCUT2D eigenvalue weighted by Gasteiger charge is -2.28. The third-order valence-electron chi connectivity index (χ3n) is 5.19. The van der Waals surface area contributed by atoms with Crippen LogP contribution in [0.4, 0.5) is 0 Å². The van der Waals surface area contributed by atoms with Crippen LogP contribution in [0.1, 0.15) is 79.4 Å². The summed E-state index contributed by atoms with van der Waals surface area (Å²) in [6, 6.07) is 3.76. The van der Waals surface area contributed by atoms with E-state index in [0.29, 0.717) is 35.8 Å². The summed E-state index contributed by atoms with van der Waals surface area (Å²) in [7, 11) is 0. The molecular weight excluding hydrogens is 536 g/mol. The average molecular weight is 572 g/mol. The fourth-order valence-corrected chi connectivity index (χ4v) is 5.63. The van der Waals surface area contributed by atoms with Crippen molar-refractivity contribution in [3.8, 4) is 34.1 Å². The number of hydrogen-bond acceptors (Lipinski definition) is 4. The Bertz CT molecular complexity index is 890. The van der Waals surface area contributed by atoms with Crippen LogP contribution in [0.3, 0.4) is 0 Å². The van der Waals surface area contributed by atoms with Crippen molar-refractivity contribution >= 4 is 31.9 Å². The summed E-state index contributed by atoms with van der Waals surface area (Å²) < 4.78 is 13.3. The minimum Gasteiger partial charge on any atom is -0.504 e. The highest BCUT2D eigenvalue weighted by molar-refractivity contribution is 9.11. The van der Waals surface area contributed by atoms with Crippen molar-refractivity contribution in [1.82, 2.24) is 0 Å². The highest BCUT2D eigenvalue weighted by Gasteiger charge is 2.31. The van der Waals surface area contributed by atoms with Gasteiger partial charge in [0.25, 0.3) is 0 Å². The van der Waals surface area contributed by atoms with E-state index in [1.165, 1.54) is 0 Å². The summed E-state index contributed by atoms with van der Waals surface area (Å²) in [4.78, 5) is 0. The van der Waals surface area contributed by atoms with Gasteiger partial charge in [-0.2, -0.15) is 0 Å². The normalized spacial score (nSPS) is 12.2. The Kier molecular flexibility index (Phi) is 8.60. The Hall–Kier alpha value is -1.40. The zero-order valence-electron chi connectivity index (χ0n) is 20.4. The van der Waals surface area contributed by atoms with E-state index in [4.69, 9.17) is 9.47 Å². The van der Waals surface area contributed by atoms with Crippen LogP contribution in [-0.4, -0.2) is 23.4 Å². The van der Waals surface area contributed by atoms with Crippen molar-refractivity contribution in [3.05, 3.63) is 32.2 Å². The number of halogens is 2. The van der Waals surface area contributed by atoms with Crippen LogP contribution in [0.5, 0.6) is 23.0 Å². The van der Waals surface area contributed by atoms with Gasteiger partial charge in [-0.05, 0) is 78.8 Å². The van der Waals surface area contributed by atoms with E-state index in [1.807, 2.05) is 26.0 Å². The molecule has 0 aliphatic heterocycles. The van der Waals surface area contributed by atoms with Crippen LogP contribution in [0.25, 0.3) is 11.1 Å². The summed E-state index contributed by atoms with van der Waals surface area (Å²) in [5, 5.41) is 22.6. The maximum absolute atomic E-state index is 11.3. The number of phenolic OH excluding ortho intramolecular Hbond substituents is 2. The van der Waals surface area contributed by atoms with Gasteiger partial charge in [0, 0.05) is 20.1 Å². The molecule has 0 spiro atoms. The summed E-state index contributed by atoms with van der Waals surface area (Å²) in [5.41, 5.74) is 2.47. The Morgan fingerprint density at radius 3 is 1.25 bits per heavy atom. The first-order valence-corrected chi connectivity index (χ1v) is 12.7. The second kappa shape index (κ2) is 10.3. The molecule has 0 aromatic heterocycles. The lowest BCUT2D eigenvalue weighted by molar-refractivity contribution is 0.297. The van der Waals surface area contributed by atoms with Crippen molar-refractivity contribution in [2.75, 3.05) is 13.2 Å². The van der Waals surface area contributed by atoms with Gasteiger partial charge in [-0.15, -0.1) is 0 Å². The van der Waals surface area contributed by atoms with Gasteiger partial charge < -0.3 is 19.7 Å². The Balaban J connectivity index is 3.00. The largest absolute Gasteiger partial charge is 0.504 e. The van der Waals surface area contributed by atoms with Crippen LogP contribution in [0, 0.1) is 0 Å². The first-order chi connectivity index (χ1) is 14.8. The number of aromatic hydroxyl groups is 2. The topological polar surface area (TPSA) is 58.9 Å². The molecule has 0 aliphatic rings. The van der Waals surface area contributed by atoms with E-state index in [-0.39, 0.29) is 22.3 Å². The van der Waals surface area contributed by atoms with Gasteiger partial charge in [0.15, 0.2) is 23.0 Å². The standard InChI is InChI=1S/C26H36Br2O4/c1-9-11-31-17-13-15(25(3,4)5)21(27)19(23(17)29)20-22(28)16(26(6,7)8)14-18(24(20)30)32-12-10-2/h13-14,29-30H,9-12H2,1-8H3. The maximum Gasteiger partial charge on any atom is 0.167 e. The van der Waals surface area contributed by atoms with E-state index in [0.717, 1.165) is 32.9 Å². The number of ether oxygens (including phenoxy) is 2. The van der Waals surface area contributed by atoms with E-state index >= 15 is 0 Å². The quantitative estimate of drug-likeness (QED) is 0.350. The molecule has 2 aromatic carbocycles. The van der Waals surface area contributed by atoms with E-state index in [2.05, 4.69) is 73.4 Å². The average Bonchev–Trinajstić information content (AvgIpc) is 2.67. The SMILES string of the molecule is CCCOc1cc(C(C)(C)C)c(Br)c(-c2c(O)c(OCCC)cc(C(C)(C)C)c2Br)c1O. The zero-order valence-corrected chi connectivity index (χ0v) is 23.6. The predicted molar refractivity (Wildman–Crippen MR) is 140 cm³/mol. The fourth-order valence-electron chi connectivity index (χ4n) is 3.44. The first kappa shape index (κ1) is 26.8. The molecule has 0 amide bonds. The predicted octanol–water partition coefficient (Wildman–Crippen LogP) is 8.46. The van der Waals surface area contributed by atoms with Crippen LogP contribution in [0.15, 0.2) is 21.1 Å². The van der Waals surface area contributed by atoms with Gasteiger partial charge in [0.2, 0.25) is 0 Å². The van der Waals surface area contributed by atoms with Crippen LogP contribution < -0.4 is 9.47 Å². The van der Waals surface area contributed by atoms with Crippen LogP contribution in [0.2, 0.25) is 0 Å². The molecule has 0 atom stereocenters. The molecule has 0 radical (unpaired) electrons. The number of hydrogen-bond donors (Lipinski definition) is 2. The van der Waals surface area contributed by atoms with Gasteiger partial charge in [-0.25, -0.2) is 0 Å². The number of phenols is 2. The first-order valence-electron chi connectivity index (χ1n) is 11.1. The minimum absolute atomic E-state index is 0.0122. The monoisotopic (exact) mass is 570 g/mol. The van der Waals surface area contributed by atoms with E-state index in [9.17, 15) is 10.2 Å². The maximum atomic E-state index is 11.3.